The number of nitrogens with zero attached hydrogens (tertiary/aromatic N) is 45. The molecule has 0 aliphatic carbocycles. The molecule has 0 aromatic heterocycles. The van der Waals surface area contributed by atoms with Crippen molar-refractivity contribution < 1.29 is 482 Å². The minimum absolute atomic E-state index is 0. The summed E-state index contributed by atoms with van der Waals surface area (Å²) in [6, 6.07) is 0. The quantitative estimate of drug-likeness (QED) is 0.0945. The van der Waals surface area contributed by atoms with Gasteiger partial charge in [-0.2, -0.15) is 0 Å². The molecule has 0 radical (unpaired) electrons. The van der Waals surface area contributed by atoms with E-state index in [9.17, 15) is 0 Å². The summed E-state index contributed by atoms with van der Waals surface area (Å²) < 4.78 is 0. The SMILES string of the molecule is [Ca+2].[Ca+2].[Ca+2].[Ca+2].[Cs+].[Cs+].[Cs+].[Cs+].[Cs+].[Cs+].[Cs+].[N-]=[N+]=[N-].[N-]=[N+]=[N-].[N-]=[N+]=[N-].[N-]=[N+]=[N-].[N-]=[N+]=[N-].[N-]=[N+]=[N-].[N-]=[N+]=[N-].[N-]=[N+]=[N-].[N-]=[N+]=[N-].[N-]=[N+]=[N-].[N-]=[N+]=[N-].[N-]=[N+]=[N-].[N-]=[N+]=[N-].[N-]=[N+]=[N-].[N-]=[N+]=[N-]. The van der Waals surface area contributed by atoms with Crippen molar-refractivity contribution in [3.8, 4) is 0 Å². The molecule has 0 aliphatic heterocycles. The van der Waals surface area contributed by atoms with Crippen molar-refractivity contribution in [2.75, 3.05) is 0 Å². The average molecular weight is 1720 g/mol. The number of hydrogen-bond donors (Lipinski definition) is 0. The summed E-state index contributed by atoms with van der Waals surface area (Å²) in [6.07, 6.45) is 0. The normalized spacial score (nSPS) is 2.14. The van der Waals surface area contributed by atoms with E-state index in [-0.39, 0.29) is 633 Å². The van der Waals surface area contributed by atoms with E-state index in [1.807, 2.05) is 0 Å². The van der Waals surface area contributed by atoms with Gasteiger partial charge in [-0.1, -0.05) is 0 Å². The molecule has 0 amide bonds. The van der Waals surface area contributed by atoms with Crippen molar-refractivity contribution in [2.24, 2.45) is 0 Å². The molecular formula is Ca4Cs7N45. The molecule has 0 spiro atoms. The van der Waals surface area contributed by atoms with E-state index >= 15 is 0 Å². The number of rotatable bonds is 0. The zero-order chi connectivity index (χ0) is 40.6. The zero-order valence-corrected chi connectivity index (χ0v) is 82.7. The van der Waals surface area contributed by atoms with Crippen LogP contribution in [-0.2, 0) is 0 Å². The molecule has 56 heavy (non-hydrogen) atoms. The van der Waals surface area contributed by atoms with Crippen molar-refractivity contribution in [2.45, 2.75) is 0 Å². The van der Waals surface area contributed by atoms with E-state index in [0.717, 1.165) is 0 Å². The third-order valence-electron chi connectivity index (χ3n) is 0. The maximum Gasteiger partial charge on any atom is 2.00 e. The summed E-state index contributed by atoms with van der Waals surface area (Å²) >= 11 is 0. The summed E-state index contributed by atoms with van der Waals surface area (Å²) in [6.45, 7) is 0. The second kappa shape index (κ2) is 440. The summed E-state index contributed by atoms with van der Waals surface area (Å²) in [5.41, 5.74) is 202. The van der Waals surface area contributed by atoms with E-state index in [1.165, 1.54) is 73.7 Å². The summed E-state index contributed by atoms with van der Waals surface area (Å²) in [5, 5.41) is 0. The third-order valence-corrected chi connectivity index (χ3v) is 0. The first-order chi connectivity index (χ1) is 21.2. The van der Waals surface area contributed by atoms with Crippen LogP contribution in [0.15, 0.2) is 0 Å². The van der Waals surface area contributed by atoms with Gasteiger partial charge in [0.25, 0.3) is 0 Å². The molecule has 0 saturated heterocycles. The molecule has 240 valence electrons. The van der Waals surface area contributed by atoms with Gasteiger partial charge >= 0.3 is 633 Å². The standard InChI is InChI=1S/4Ca.7Cs.15N3/c;;;;;;;;;;;15*1-3-2/q4*+2;7*+1;15*-1. The van der Waals surface area contributed by atoms with Gasteiger partial charge in [0.1, 0.15) is 0 Å². The van der Waals surface area contributed by atoms with Crippen molar-refractivity contribution in [1.29, 1.82) is 0 Å². The zero-order valence-electron chi connectivity index (χ0n) is 30.0. The molecule has 0 aromatic carbocycles. The van der Waals surface area contributed by atoms with E-state index in [0.29, 0.717) is 0 Å². The fourth-order valence-electron chi connectivity index (χ4n) is 0. The molecule has 0 atom stereocenters. The summed E-state index contributed by atoms with van der Waals surface area (Å²) in [5.74, 6) is 0. The van der Waals surface area contributed by atoms with Crippen molar-refractivity contribution in [1.82, 2.24) is 0 Å². The Bertz CT molecular complexity index is 717. The van der Waals surface area contributed by atoms with Crippen LogP contribution >= 0.6 is 0 Å². The van der Waals surface area contributed by atoms with Crippen LogP contribution in [0.1, 0.15) is 0 Å². The van der Waals surface area contributed by atoms with Crippen molar-refractivity contribution in [3.05, 3.63) is 240 Å². The van der Waals surface area contributed by atoms with Gasteiger partial charge in [0.2, 0.25) is 0 Å². The Morgan fingerprint density at radius 1 is 0.107 bits per heavy atom. The van der Waals surface area contributed by atoms with Gasteiger partial charge < -0.3 is 166 Å². The summed E-state index contributed by atoms with van der Waals surface area (Å²) in [7, 11) is 0. The van der Waals surface area contributed by atoms with E-state index in [4.69, 9.17) is 166 Å². The van der Waals surface area contributed by atoms with Gasteiger partial charge in [-0.15, -0.1) is 0 Å². The first-order valence-electron chi connectivity index (χ1n) is 6.00. The van der Waals surface area contributed by atoms with E-state index in [1.54, 1.807) is 0 Å². The molecule has 56 heteroatoms. The van der Waals surface area contributed by atoms with Crippen LogP contribution in [0.3, 0.4) is 0 Å². The minimum atomic E-state index is 0. The molecule has 0 saturated carbocycles. The molecule has 0 bridgehead atoms. The molecule has 0 rings (SSSR count). The molecule has 0 unspecified atom stereocenters. The fourth-order valence-corrected chi connectivity index (χ4v) is 0. The van der Waals surface area contributed by atoms with Gasteiger partial charge in [-0.05, 0) is 0 Å². The van der Waals surface area contributed by atoms with Gasteiger partial charge in [-0.25, -0.2) is 0 Å². The van der Waals surface area contributed by atoms with Crippen molar-refractivity contribution >= 4 is 151 Å². The Balaban J connectivity index is -0.00000000708. The van der Waals surface area contributed by atoms with Gasteiger partial charge in [0.15, 0.2) is 0 Å². The molecule has 0 heterocycles. The maximum absolute atomic E-state index is 6.75. The Kier molecular flexibility index (Phi) is 1380. The molecular weight excluding hydrogens is 1720 g/mol. The Labute approximate surface area is 842 Å². The van der Waals surface area contributed by atoms with Crippen LogP contribution in [0.5, 0.6) is 0 Å². The molecule has 45 nitrogen and oxygen atoms in total. The second-order valence-electron chi connectivity index (χ2n) is 1.34. The Morgan fingerprint density at radius 2 is 0.107 bits per heavy atom. The topological polar surface area (TPSA) is 880 Å². The number of hydrogen-bond acceptors (Lipinski definition) is 0. The van der Waals surface area contributed by atoms with E-state index < -0.39 is 0 Å². The van der Waals surface area contributed by atoms with Gasteiger partial charge in [0.05, 0.1) is 0 Å². The third kappa shape index (κ3) is 2960. The van der Waals surface area contributed by atoms with Crippen LogP contribution in [0.2, 0.25) is 0 Å². The monoisotopic (exact) mass is 1720 g/mol. The molecule has 0 aliphatic rings. The predicted molar refractivity (Wildman–Crippen MR) is 174 cm³/mol. The Morgan fingerprint density at radius 3 is 0.107 bits per heavy atom. The maximum atomic E-state index is 6.75. The fraction of sp³-hybridized carbons (Fsp3) is 0. The van der Waals surface area contributed by atoms with Crippen LogP contribution in [-0.4, -0.2) is 151 Å². The minimum Gasteiger partial charge on any atom is -0.373 e. The Hall–Kier alpha value is 9.05. The first-order valence-corrected chi connectivity index (χ1v) is 6.00. The van der Waals surface area contributed by atoms with Crippen LogP contribution in [0.4, 0.5) is 0 Å². The molecule has 0 N–H and O–H groups in total. The van der Waals surface area contributed by atoms with Gasteiger partial charge in [-0.3, -0.25) is 73.7 Å². The molecule has 0 fully saturated rings. The average Bonchev–Trinajstić information content (AvgIpc) is 2.91. The smallest absolute Gasteiger partial charge is 0.373 e. The predicted octanol–water partition coefficient (Wildman–Crippen LogP) is -9.50. The van der Waals surface area contributed by atoms with Crippen LogP contribution < -0.4 is 482 Å². The van der Waals surface area contributed by atoms with E-state index in [2.05, 4.69) is 0 Å². The van der Waals surface area contributed by atoms with Crippen LogP contribution in [0.25, 0.3) is 240 Å². The van der Waals surface area contributed by atoms with Crippen molar-refractivity contribution in [3.63, 3.8) is 0 Å². The van der Waals surface area contributed by atoms with Crippen LogP contribution in [0, 0.1) is 0 Å². The first kappa shape index (κ1) is 175. The largest absolute Gasteiger partial charge is 2.00 e. The molecule has 0 aromatic rings. The van der Waals surface area contributed by atoms with Gasteiger partial charge in [0, 0.05) is 0 Å². The second-order valence-corrected chi connectivity index (χ2v) is 1.34. The summed E-state index contributed by atoms with van der Waals surface area (Å²) in [4.78, 5) is 22.5.